The van der Waals surface area contributed by atoms with Gasteiger partial charge in [-0.05, 0) is 30.2 Å². The molecule has 14 heavy (non-hydrogen) atoms. The normalized spacial score (nSPS) is 9.93. The molecule has 0 amide bonds. The second-order valence-electron chi connectivity index (χ2n) is 3.11. The van der Waals surface area contributed by atoms with E-state index in [4.69, 9.17) is 27.9 Å². The van der Waals surface area contributed by atoms with Crippen LogP contribution < -0.4 is 4.74 Å². The minimum Gasteiger partial charge on any atom is -0.488 e. The van der Waals surface area contributed by atoms with Gasteiger partial charge in [-0.2, -0.15) is 0 Å². The fraction of sp³-hybridized carbons (Fsp3) is 0.273. The molecule has 0 heterocycles. The van der Waals surface area contributed by atoms with Crippen LogP contribution in [0.15, 0.2) is 30.4 Å². The highest BCUT2D eigenvalue weighted by molar-refractivity contribution is 6.32. The maximum Gasteiger partial charge on any atom is 0.138 e. The Balaban J connectivity index is 2.66. The van der Waals surface area contributed by atoms with Crippen molar-refractivity contribution in [1.29, 1.82) is 0 Å². The van der Waals surface area contributed by atoms with Crippen LogP contribution in [0.1, 0.15) is 5.56 Å². The van der Waals surface area contributed by atoms with Gasteiger partial charge in [0, 0.05) is 5.88 Å². The Morgan fingerprint density at radius 3 is 2.86 bits per heavy atom. The van der Waals surface area contributed by atoms with Gasteiger partial charge in [0.15, 0.2) is 0 Å². The van der Waals surface area contributed by atoms with E-state index in [0.29, 0.717) is 23.3 Å². The second kappa shape index (κ2) is 5.28. The number of hydrogen-bond donors (Lipinski definition) is 0. The van der Waals surface area contributed by atoms with Crippen molar-refractivity contribution in [3.05, 3.63) is 40.9 Å². The average molecular weight is 231 g/mol. The third-order valence-corrected chi connectivity index (χ3v) is 2.40. The Kier molecular flexibility index (Phi) is 4.30. The smallest absolute Gasteiger partial charge is 0.138 e. The fourth-order valence-corrected chi connectivity index (χ4v) is 1.19. The Hall–Kier alpha value is -0.660. The number of benzene rings is 1. The van der Waals surface area contributed by atoms with E-state index in [9.17, 15) is 0 Å². The lowest BCUT2D eigenvalue weighted by molar-refractivity contribution is 0.353. The quantitative estimate of drug-likeness (QED) is 0.565. The lowest BCUT2D eigenvalue weighted by Crippen LogP contribution is -2.01. The van der Waals surface area contributed by atoms with Gasteiger partial charge < -0.3 is 4.74 Å². The van der Waals surface area contributed by atoms with E-state index < -0.39 is 0 Å². The molecule has 1 rings (SSSR count). The van der Waals surface area contributed by atoms with E-state index in [1.807, 2.05) is 25.1 Å². The maximum absolute atomic E-state index is 5.94. The minimum atomic E-state index is 0.406. The second-order valence-corrected chi connectivity index (χ2v) is 3.78. The molecule has 1 aromatic carbocycles. The van der Waals surface area contributed by atoms with Gasteiger partial charge in [0.05, 0.1) is 5.02 Å². The summed E-state index contributed by atoms with van der Waals surface area (Å²) >= 11 is 11.5. The summed E-state index contributed by atoms with van der Waals surface area (Å²) in [5, 5.41) is 0.609. The monoisotopic (exact) mass is 230 g/mol. The molecule has 0 saturated carbocycles. The number of halogens is 2. The van der Waals surface area contributed by atoms with Crippen molar-refractivity contribution >= 4 is 23.2 Å². The predicted molar refractivity (Wildman–Crippen MR) is 61.5 cm³/mol. The van der Waals surface area contributed by atoms with Crippen molar-refractivity contribution in [1.82, 2.24) is 0 Å². The van der Waals surface area contributed by atoms with Crippen molar-refractivity contribution < 1.29 is 4.74 Å². The summed E-state index contributed by atoms with van der Waals surface area (Å²) < 4.78 is 5.45. The molecule has 1 aromatic rings. The first-order valence-electron chi connectivity index (χ1n) is 4.25. The number of hydrogen-bond acceptors (Lipinski definition) is 1. The molecule has 76 valence electrons. The molecular formula is C11H12Cl2O. The van der Waals surface area contributed by atoms with Crippen LogP contribution in [0.3, 0.4) is 0 Å². The molecule has 0 fully saturated rings. The number of rotatable bonds is 4. The first-order chi connectivity index (χ1) is 6.63. The van der Waals surface area contributed by atoms with E-state index in [2.05, 4.69) is 6.58 Å². The molecule has 0 unspecified atom stereocenters. The van der Waals surface area contributed by atoms with Crippen LogP contribution in [0.4, 0.5) is 0 Å². The summed E-state index contributed by atoms with van der Waals surface area (Å²) in [5.41, 5.74) is 1.95. The number of aryl methyl sites for hydroxylation is 1. The van der Waals surface area contributed by atoms with Gasteiger partial charge in [-0.15, -0.1) is 11.6 Å². The molecule has 0 atom stereocenters. The van der Waals surface area contributed by atoms with Crippen molar-refractivity contribution in [2.75, 3.05) is 12.5 Å². The molecule has 0 aromatic heterocycles. The summed E-state index contributed by atoms with van der Waals surface area (Å²) in [6.07, 6.45) is 0. The molecule has 0 saturated heterocycles. The van der Waals surface area contributed by atoms with Crippen LogP contribution >= 0.6 is 23.2 Å². The fourth-order valence-electron chi connectivity index (χ4n) is 0.940. The van der Waals surface area contributed by atoms with Crippen molar-refractivity contribution in [3.63, 3.8) is 0 Å². The SMILES string of the molecule is C=C(CCl)COc1cc(C)ccc1Cl. The zero-order chi connectivity index (χ0) is 10.6. The van der Waals surface area contributed by atoms with Gasteiger partial charge in [0.2, 0.25) is 0 Å². The highest BCUT2D eigenvalue weighted by atomic mass is 35.5. The number of ether oxygens (including phenoxy) is 1. The Morgan fingerprint density at radius 1 is 1.50 bits per heavy atom. The molecule has 0 N–H and O–H groups in total. The molecule has 0 aliphatic carbocycles. The summed E-state index contributed by atoms with van der Waals surface area (Å²) in [7, 11) is 0. The Morgan fingerprint density at radius 2 is 2.21 bits per heavy atom. The molecular weight excluding hydrogens is 219 g/mol. The third-order valence-electron chi connectivity index (χ3n) is 1.71. The van der Waals surface area contributed by atoms with Gasteiger partial charge in [-0.25, -0.2) is 0 Å². The Bertz CT molecular complexity index is 334. The maximum atomic E-state index is 5.94. The first-order valence-corrected chi connectivity index (χ1v) is 5.16. The van der Waals surface area contributed by atoms with Crippen LogP contribution in [-0.4, -0.2) is 12.5 Å². The minimum absolute atomic E-state index is 0.406. The van der Waals surface area contributed by atoms with Gasteiger partial charge in [0.1, 0.15) is 12.4 Å². The molecule has 0 spiro atoms. The summed E-state index contributed by atoms with van der Waals surface area (Å²) in [6, 6.07) is 5.64. The van der Waals surface area contributed by atoms with Gasteiger partial charge in [-0.3, -0.25) is 0 Å². The van der Waals surface area contributed by atoms with Crippen molar-refractivity contribution in [2.24, 2.45) is 0 Å². The summed E-state index contributed by atoms with van der Waals surface area (Å²) in [6.45, 7) is 6.14. The van der Waals surface area contributed by atoms with E-state index >= 15 is 0 Å². The van der Waals surface area contributed by atoms with Crippen LogP contribution in [0, 0.1) is 6.92 Å². The van der Waals surface area contributed by atoms with Crippen molar-refractivity contribution in [2.45, 2.75) is 6.92 Å². The van der Waals surface area contributed by atoms with E-state index in [1.165, 1.54) is 0 Å². The van der Waals surface area contributed by atoms with E-state index in [1.54, 1.807) is 0 Å². The predicted octanol–water partition coefficient (Wildman–Crippen LogP) is 3.82. The average Bonchev–Trinajstić information content (AvgIpc) is 2.19. The highest BCUT2D eigenvalue weighted by Crippen LogP contribution is 2.25. The van der Waals surface area contributed by atoms with E-state index in [0.717, 1.165) is 11.1 Å². The topological polar surface area (TPSA) is 9.23 Å². The summed E-state index contributed by atoms with van der Waals surface area (Å²) in [4.78, 5) is 0. The standard InChI is InChI=1S/C11H12Cl2O/c1-8-3-4-10(13)11(5-8)14-7-9(2)6-12/h3-5H,2,6-7H2,1H3. The highest BCUT2D eigenvalue weighted by Gasteiger charge is 2.02. The Labute approximate surface area is 94.3 Å². The van der Waals surface area contributed by atoms with Crippen LogP contribution in [0.2, 0.25) is 5.02 Å². The van der Waals surface area contributed by atoms with Gasteiger partial charge in [-0.1, -0.05) is 24.2 Å². The van der Waals surface area contributed by atoms with Crippen LogP contribution in [-0.2, 0) is 0 Å². The van der Waals surface area contributed by atoms with Gasteiger partial charge >= 0.3 is 0 Å². The molecule has 0 aliphatic heterocycles. The summed E-state index contributed by atoms with van der Waals surface area (Å²) in [5.74, 6) is 1.08. The lowest BCUT2D eigenvalue weighted by Gasteiger charge is -2.08. The molecule has 0 radical (unpaired) electrons. The largest absolute Gasteiger partial charge is 0.488 e. The van der Waals surface area contributed by atoms with Crippen LogP contribution in [0.5, 0.6) is 5.75 Å². The molecule has 1 nitrogen and oxygen atoms in total. The first kappa shape index (κ1) is 11.4. The third kappa shape index (κ3) is 3.24. The lowest BCUT2D eigenvalue weighted by atomic mass is 10.2. The molecule has 3 heteroatoms. The van der Waals surface area contributed by atoms with Crippen molar-refractivity contribution in [3.8, 4) is 5.75 Å². The van der Waals surface area contributed by atoms with E-state index in [-0.39, 0.29) is 0 Å². The zero-order valence-electron chi connectivity index (χ0n) is 8.02. The van der Waals surface area contributed by atoms with Crippen LogP contribution in [0.25, 0.3) is 0 Å². The molecule has 0 aliphatic rings. The number of alkyl halides is 1. The molecule has 0 bridgehead atoms. The van der Waals surface area contributed by atoms with Gasteiger partial charge in [0.25, 0.3) is 0 Å². The zero-order valence-corrected chi connectivity index (χ0v) is 9.53.